The zero-order chi connectivity index (χ0) is 24.1. The standard InChI is InChI=1S/C23H21ClFNO6S/c1-13(2)32-21(27)11-26-22(28)20(33-23(26)29)10-14-7-8-18(30-3)19(9-14)31-12-15-16(24)5-4-6-17(15)25/h4-10,13H,11-12H2,1-3H3/b20-10+. The van der Waals surface area contributed by atoms with E-state index in [4.69, 9.17) is 25.8 Å². The van der Waals surface area contributed by atoms with Crippen molar-refractivity contribution in [2.24, 2.45) is 0 Å². The molecule has 0 N–H and O–H groups in total. The second-order valence-electron chi connectivity index (χ2n) is 7.21. The summed E-state index contributed by atoms with van der Waals surface area (Å²) in [4.78, 5) is 37.7. The number of esters is 1. The smallest absolute Gasteiger partial charge is 0.326 e. The van der Waals surface area contributed by atoms with Crippen molar-refractivity contribution in [3.05, 3.63) is 63.3 Å². The average molecular weight is 494 g/mol. The molecule has 0 unspecified atom stereocenters. The molecular weight excluding hydrogens is 473 g/mol. The number of hydrogen-bond acceptors (Lipinski definition) is 7. The van der Waals surface area contributed by atoms with E-state index in [-0.39, 0.29) is 28.2 Å². The number of methoxy groups -OCH3 is 1. The van der Waals surface area contributed by atoms with Gasteiger partial charge in [0.1, 0.15) is 19.0 Å². The number of amides is 2. The number of benzene rings is 2. The molecule has 3 rings (SSSR count). The molecule has 1 aliphatic rings. The molecule has 1 saturated heterocycles. The quantitative estimate of drug-likeness (QED) is 0.375. The molecule has 2 amide bonds. The van der Waals surface area contributed by atoms with E-state index in [1.807, 2.05) is 0 Å². The van der Waals surface area contributed by atoms with Gasteiger partial charge >= 0.3 is 5.97 Å². The Bertz CT molecular complexity index is 1100. The van der Waals surface area contributed by atoms with E-state index in [0.717, 1.165) is 16.7 Å². The largest absolute Gasteiger partial charge is 0.493 e. The maximum Gasteiger partial charge on any atom is 0.326 e. The number of hydrogen-bond donors (Lipinski definition) is 0. The van der Waals surface area contributed by atoms with Gasteiger partial charge in [0.05, 0.1) is 23.1 Å². The minimum Gasteiger partial charge on any atom is -0.493 e. The highest BCUT2D eigenvalue weighted by molar-refractivity contribution is 8.18. The van der Waals surface area contributed by atoms with E-state index < -0.39 is 29.5 Å². The van der Waals surface area contributed by atoms with E-state index >= 15 is 0 Å². The molecule has 0 radical (unpaired) electrons. The van der Waals surface area contributed by atoms with Gasteiger partial charge in [0.25, 0.3) is 11.1 Å². The fourth-order valence-electron chi connectivity index (χ4n) is 2.93. The molecule has 1 aliphatic heterocycles. The van der Waals surface area contributed by atoms with Crippen LogP contribution >= 0.6 is 23.4 Å². The van der Waals surface area contributed by atoms with Gasteiger partial charge in [0, 0.05) is 5.56 Å². The number of nitrogens with zero attached hydrogens (tertiary/aromatic N) is 1. The Balaban J connectivity index is 1.79. The first-order valence-corrected chi connectivity index (χ1v) is 11.1. The predicted molar refractivity (Wildman–Crippen MR) is 123 cm³/mol. The number of imide groups is 1. The molecule has 0 bridgehead atoms. The van der Waals surface area contributed by atoms with Crippen LogP contribution in [0.15, 0.2) is 41.3 Å². The van der Waals surface area contributed by atoms with E-state index in [2.05, 4.69) is 0 Å². The third-order valence-corrected chi connectivity index (χ3v) is 5.71. The van der Waals surface area contributed by atoms with Crippen molar-refractivity contribution in [1.82, 2.24) is 4.90 Å². The average Bonchev–Trinajstić information content (AvgIpc) is 3.00. The van der Waals surface area contributed by atoms with Crippen LogP contribution in [0, 0.1) is 5.82 Å². The molecule has 1 heterocycles. The molecule has 33 heavy (non-hydrogen) atoms. The first-order valence-electron chi connectivity index (χ1n) is 9.88. The van der Waals surface area contributed by atoms with Crippen LogP contribution in [0.1, 0.15) is 25.0 Å². The highest BCUT2D eigenvalue weighted by Gasteiger charge is 2.36. The molecule has 2 aromatic rings. The summed E-state index contributed by atoms with van der Waals surface area (Å²) in [6.45, 7) is 2.75. The van der Waals surface area contributed by atoms with Crippen LogP contribution in [0.25, 0.3) is 6.08 Å². The summed E-state index contributed by atoms with van der Waals surface area (Å²) in [6, 6.07) is 9.22. The van der Waals surface area contributed by atoms with E-state index in [0.29, 0.717) is 17.1 Å². The van der Waals surface area contributed by atoms with Gasteiger partial charge in [0.2, 0.25) is 0 Å². The van der Waals surface area contributed by atoms with Gasteiger partial charge in [-0.15, -0.1) is 0 Å². The summed E-state index contributed by atoms with van der Waals surface area (Å²) in [6.07, 6.45) is 1.14. The Kier molecular flexibility index (Phi) is 7.99. The van der Waals surface area contributed by atoms with Crippen LogP contribution in [0.4, 0.5) is 9.18 Å². The first kappa shape index (κ1) is 24.6. The Morgan fingerprint density at radius 2 is 1.97 bits per heavy atom. The summed E-state index contributed by atoms with van der Waals surface area (Å²) in [5, 5.41) is -0.332. The SMILES string of the molecule is COc1ccc(/C=C2/SC(=O)N(CC(=O)OC(C)C)C2=O)cc1OCc1c(F)cccc1Cl. The fraction of sp³-hybridized carbons (Fsp3) is 0.261. The van der Waals surface area contributed by atoms with Crippen LogP contribution in [-0.4, -0.2) is 41.8 Å². The lowest BCUT2D eigenvalue weighted by molar-refractivity contribution is -0.149. The molecule has 10 heteroatoms. The first-order chi connectivity index (χ1) is 15.7. The van der Waals surface area contributed by atoms with Crippen molar-refractivity contribution in [2.75, 3.05) is 13.7 Å². The van der Waals surface area contributed by atoms with Crippen molar-refractivity contribution in [2.45, 2.75) is 26.6 Å². The lowest BCUT2D eigenvalue weighted by Gasteiger charge is -2.13. The molecule has 174 valence electrons. The Hall–Kier alpha value is -3.04. The third kappa shape index (κ3) is 6.06. The molecule has 2 aromatic carbocycles. The van der Waals surface area contributed by atoms with Gasteiger partial charge in [-0.3, -0.25) is 19.3 Å². The lowest BCUT2D eigenvalue weighted by Crippen LogP contribution is -2.35. The number of ether oxygens (including phenoxy) is 3. The van der Waals surface area contributed by atoms with Gasteiger partial charge in [-0.1, -0.05) is 23.7 Å². The highest BCUT2D eigenvalue weighted by Crippen LogP contribution is 2.35. The van der Waals surface area contributed by atoms with Crippen molar-refractivity contribution in [3.63, 3.8) is 0 Å². The third-order valence-electron chi connectivity index (χ3n) is 4.45. The number of thioether (sulfide) groups is 1. The zero-order valence-corrected chi connectivity index (χ0v) is 19.7. The number of rotatable bonds is 8. The topological polar surface area (TPSA) is 82.1 Å². The molecule has 0 spiro atoms. The zero-order valence-electron chi connectivity index (χ0n) is 18.1. The normalized spacial score (nSPS) is 14.8. The minimum absolute atomic E-state index is 0.139. The lowest BCUT2D eigenvalue weighted by atomic mass is 10.1. The monoisotopic (exact) mass is 493 g/mol. The second kappa shape index (κ2) is 10.7. The summed E-state index contributed by atoms with van der Waals surface area (Å²) in [5.74, 6) is -1.07. The maximum atomic E-state index is 14.0. The fourth-order valence-corrected chi connectivity index (χ4v) is 3.99. The summed E-state index contributed by atoms with van der Waals surface area (Å²) < 4.78 is 30.1. The summed E-state index contributed by atoms with van der Waals surface area (Å²) >= 11 is 6.77. The Labute approximate surface area is 199 Å². The van der Waals surface area contributed by atoms with Gasteiger partial charge < -0.3 is 14.2 Å². The number of carbonyl (C=O) groups excluding carboxylic acids is 3. The van der Waals surface area contributed by atoms with Crippen molar-refractivity contribution >= 4 is 46.6 Å². The molecule has 0 saturated carbocycles. The Morgan fingerprint density at radius 3 is 2.64 bits per heavy atom. The number of halogens is 2. The van der Waals surface area contributed by atoms with Crippen LogP contribution in [0.5, 0.6) is 11.5 Å². The summed E-state index contributed by atoms with van der Waals surface area (Å²) in [7, 11) is 1.46. The molecule has 7 nitrogen and oxygen atoms in total. The molecule has 0 aliphatic carbocycles. The van der Waals surface area contributed by atoms with Crippen molar-refractivity contribution in [3.8, 4) is 11.5 Å². The van der Waals surface area contributed by atoms with Gasteiger partial charge in [-0.25, -0.2) is 4.39 Å². The van der Waals surface area contributed by atoms with Crippen LogP contribution < -0.4 is 9.47 Å². The van der Waals surface area contributed by atoms with Crippen molar-refractivity contribution in [1.29, 1.82) is 0 Å². The molecular formula is C23H21ClFNO6S. The highest BCUT2D eigenvalue weighted by atomic mass is 35.5. The molecule has 1 fully saturated rings. The number of carbonyl (C=O) groups is 3. The molecule has 0 atom stereocenters. The van der Waals surface area contributed by atoms with E-state index in [1.54, 1.807) is 38.1 Å². The van der Waals surface area contributed by atoms with Crippen molar-refractivity contribution < 1.29 is 33.0 Å². The van der Waals surface area contributed by atoms with Gasteiger partial charge in [0.15, 0.2) is 11.5 Å². The predicted octanol–water partition coefficient (Wildman–Crippen LogP) is 5.05. The van der Waals surface area contributed by atoms with Gasteiger partial charge in [-0.2, -0.15) is 0 Å². The van der Waals surface area contributed by atoms with Crippen LogP contribution in [0.2, 0.25) is 5.02 Å². The Morgan fingerprint density at radius 1 is 1.21 bits per heavy atom. The van der Waals surface area contributed by atoms with E-state index in [1.165, 1.54) is 25.3 Å². The van der Waals surface area contributed by atoms with E-state index in [9.17, 15) is 18.8 Å². The maximum absolute atomic E-state index is 14.0. The summed E-state index contributed by atoms with van der Waals surface area (Å²) in [5.41, 5.74) is 0.738. The van der Waals surface area contributed by atoms with Crippen LogP contribution in [0.3, 0.4) is 0 Å². The van der Waals surface area contributed by atoms with Gasteiger partial charge in [-0.05, 0) is 61.5 Å². The van der Waals surface area contributed by atoms with Crippen LogP contribution in [-0.2, 0) is 20.9 Å². The minimum atomic E-state index is -0.666. The second-order valence-corrected chi connectivity index (χ2v) is 8.61. The molecule has 0 aromatic heterocycles.